The summed E-state index contributed by atoms with van der Waals surface area (Å²) in [5, 5.41) is 4.09. The molecule has 0 spiro atoms. The highest BCUT2D eigenvalue weighted by molar-refractivity contribution is 5.91. The van der Waals surface area contributed by atoms with Crippen LogP contribution in [0.4, 0.5) is 18.9 Å². The number of anilines is 1. The number of hydrogen-bond acceptors (Lipinski definition) is 3. The molecular weight excluding hydrogens is 355 g/mol. The lowest BCUT2D eigenvalue weighted by Gasteiger charge is -2.33. The number of carbonyl (C=O) groups is 1. The molecule has 1 N–H and O–H groups in total. The van der Waals surface area contributed by atoms with Gasteiger partial charge in [0.25, 0.3) is 0 Å². The number of piperidine rings is 1. The van der Waals surface area contributed by atoms with Crippen LogP contribution in [0.2, 0.25) is 0 Å². The molecule has 2 aromatic rings. The number of nitrogens with zero attached hydrogens (tertiary/aromatic N) is 2. The Hall–Kier alpha value is -2.31. The lowest BCUT2D eigenvalue weighted by molar-refractivity contribution is -0.137. The molecule has 0 bridgehead atoms. The third-order valence-electron chi connectivity index (χ3n) is 4.86. The first-order chi connectivity index (χ1) is 12.7. The fraction of sp³-hybridized carbons (Fsp3) is 0.500. The van der Waals surface area contributed by atoms with Crippen molar-refractivity contribution in [2.75, 3.05) is 18.4 Å². The summed E-state index contributed by atoms with van der Waals surface area (Å²) < 4.78 is 38.7. The number of nitrogens with one attached hydrogen (secondary N) is 1. The number of alkyl halides is 3. The van der Waals surface area contributed by atoms with Gasteiger partial charge < -0.3 is 10.2 Å². The topological polar surface area (TPSA) is 45.2 Å². The summed E-state index contributed by atoms with van der Waals surface area (Å²) in [4.78, 5) is 18.1. The molecule has 0 unspecified atom stereocenters. The number of halogens is 3. The van der Waals surface area contributed by atoms with Crippen molar-refractivity contribution in [3.05, 3.63) is 36.0 Å². The van der Waals surface area contributed by atoms with Crippen LogP contribution in [0.3, 0.4) is 0 Å². The van der Waals surface area contributed by atoms with Gasteiger partial charge >= 0.3 is 6.18 Å². The third-order valence-corrected chi connectivity index (χ3v) is 4.86. The van der Waals surface area contributed by atoms with Gasteiger partial charge in [-0.25, -0.2) is 0 Å². The van der Waals surface area contributed by atoms with Crippen molar-refractivity contribution in [3.8, 4) is 0 Å². The molecule has 1 amide bonds. The zero-order valence-corrected chi connectivity index (χ0v) is 15.5. The fourth-order valence-corrected chi connectivity index (χ4v) is 3.42. The van der Waals surface area contributed by atoms with E-state index in [9.17, 15) is 18.0 Å². The van der Waals surface area contributed by atoms with Gasteiger partial charge in [-0.05, 0) is 37.0 Å². The van der Waals surface area contributed by atoms with Crippen LogP contribution in [0.1, 0.15) is 38.7 Å². The summed E-state index contributed by atoms with van der Waals surface area (Å²) in [6.45, 7) is 5.46. The van der Waals surface area contributed by atoms with Crippen molar-refractivity contribution in [1.29, 1.82) is 0 Å². The summed E-state index contributed by atoms with van der Waals surface area (Å²) in [6.07, 6.45) is -0.669. The standard InChI is InChI=1S/C20H24F3N3O/c1-13(2)11-19(27)26-9-6-15(7-10-26)25-17-5-8-24-18-12-14(20(21,22)23)3-4-16(17)18/h3-5,8,12-13,15H,6-7,9-11H2,1-2H3,(H,24,25). The molecule has 4 nitrogen and oxygen atoms in total. The number of likely N-dealkylation sites (tertiary alicyclic amines) is 1. The number of rotatable bonds is 4. The molecule has 1 aromatic heterocycles. The van der Waals surface area contributed by atoms with Crippen LogP contribution in [0.15, 0.2) is 30.5 Å². The average molecular weight is 379 g/mol. The minimum absolute atomic E-state index is 0.181. The van der Waals surface area contributed by atoms with E-state index in [4.69, 9.17) is 0 Å². The third kappa shape index (κ3) is 4.70. The SMILES string of the molecule is CC(C)CC(=O)N1CCC(Nc2ccnc3cc(C(F)(F)F)ccc23)CC1. The maximum atomic E-state index is 12.9. The van der Waals surface area contributed by atoms with Gasteiger partial charge in [0, 0.05) is 42.8 Å². The van der Waals surface area contributed by atoms with Crippen molar-refractivity contribution < 1.29 is 18.0 Å². The lowest BCUT2D eigenvalue weighted by atomic mass is 10.0. The van der Waals surface area contributed by atoms with E-state index >= 15 is 0 Å². The number of hydrogen-bond donors (Lipinski definition) is 1. The lowest BCUT2D eigenvalue weighted by Crippen LogP contribution is -2.42. The molecule has 7 heteroatoms. The predicted molar refractivity (Wildman–Crippen MR) is 99.4 cm³/mol. The van der Waals surface area contributed by atoms with Gasteiger partial charge in [0.15, 0.2) is 0 Å². The molecule has 1 aliphatic heterocycles. The van der Waals surface area contributed by atoms with E-state index in [-0.39, 0.29) is 11.9 Å². The molecule has 0 atom stereocenters. The molecule has 1 saturated heterocycles. The second kappa shape index (κ2) is 7.74. The monoisotopic (exact) mass is 379 g/mol. The Bertz CT molecular complexity index is 812. The average Bonchev–Trinajstić information content (AvgIpc) is 2.61. The van der Waals surface area contributed by atoms with E-state index in [1.54, 1.807) is 6.07 Å². The highest BCUT2D eigenvalue weighted by Gasteiger charge is 2.31. The molecule has 0 saturated carbocycles. The van der Waals surface area contributed by atoms with Gasteiger partial charge in [-0.2, -0.15) is 13.2 Å². The Kier molecular flexibility index (Phi) is 5.58. The molecule has 1 aromatic carbocycles. The van der Waals surface area contributed by atoms with Crippen molar-refractivity contribution in [3.63, 3.8) is 0 Å². The Morgan fingerprint density at radius 1 is 1.26 bits per heavy atom. The highest BCUT2D eigenvalue weighted by Crippen LogP contribution is 2.33. The van der Waals surface area contributed by atoms with Crippen molar-refractivity contribution in [1.82, 2.24) is 9.88 Å². The first-order valence-corrected chi connectivity index (χ1v) is 9.24. The van der Waals surface area contributed by atoms with E-state index in [0.717, 1.165) is 30.7 Å². The van der Waals surface area contributed by atoms with Gasteiger partial charge in [-0.1, -0.05) is 19.9 Å². The largest absolute Gasteiger partial charge is 0.416 e. The summed E-state index contributed by atoms with van der Waals surface area (Å²) in [5.41, 5.74) is 0.400. The van der Waals surface area contributed by atoms with Crippen LogP contribution in [0, 0.1) is 5.92 Å². The summed E-state index contributed by atoms with van der Waals surface area (Å²) in [5.74, 6) is 0.538. The van der Waals surface area contributed by atoms with Crippen LogP contribution >= 0.6 is 0 Å². The maximum absolute atomic E-state index is 12.9. The van der Waals surface area contributed by atoms with Crippen molar-refractivity contribution >= 4 is 22.5 Å². The van der Waals surface area contributed by atoms with Gasteiger partial charge in [0.1, 0.15) is 0 Å². The molecule has 2 heterocycles. The van der Waals surface area contributed by atoms with Crippen molar-refractivity contribution in [2.24, 2.45) is 5.92 Å². The number of aromatic nitrogens is 1. The fourth-order valence-electron chi connectivity index (χ4n) is 3.42. The molecule has 3 rings (SSSR count). The van der Waals surface area contributed by atoms with E-state index in [1.807, 2.05) is 18.7 Å². The molecule has 27 heavy (non-hydrogen) atoms. The molecule has 1 aliphatic rings. The van der Waals surface area contributed by atoms with E-state index in [1.165, 1.54) is 12.3 Å². The first kappa shape index (κ1) is 19.5. The quantitative estimate of drug-likeness (QED) is 0.837. The van der Waals surface area contributed by atoms with Crippen LogP contribution in [-0.2, 0) is 11.0 Å². The summed E-state index contributed by atoms with van der Waals surface area (Å²) >= 11 is 0. The second-order valence-corrected chi connectivity index (χ2v) is 7.49. The highest BCUT2D eigenvalue weighted by atomic mass is 19.4. The van der Waals surface area contributed by atoms with E-state index < -0.39 is 11.7 Å². The molecule has 1 fully saturated rings. The molecular formula is C20H24F3N3O. The molecule has 146 valence electrons. The van der Waals surface area contributed by atoms with Gasteiger partial charge in [-0.15, -0.1) is 0 Å². The van der Waals surface area contributed by atoms with E-state index in [2.05, 4.69) is 10.3 Å². The first-order valence-electron chi connectivity index (χ1n) is 9.24. The van der Waals surface area contributed by atoms with Gasteiger partial charge in [0.05, 0.1) is 11.1 Å². The number of benzene rings is 1. The summed E-state index contributed by atoms with van der Waals surface area (Å²) in [6, 6.07) is 5.59. The second-order valence-electron chi connectivity index (χ2n) is 7.49. The number of carbonyl (C=O) groups excluding carboxylic acids is 1. The number of amides is 1. The van der Waals surface area contributed by atoms with Crippen LogP contribution in [0.5, 0.6) is 0 Å². The van der Waals surface area contributed by atoms with Crippen molar-refractivity contribution in [2.45, 2.75) is 45.3 Å². The Morgan fingerprint density at radius 3 is 2.59 bits per heavy atom. The number of fused-ring (bicyclic) bond motifs is 1. The Labute approximate surface area is 156 Å². The van der Waals surface area contributed by atoms with Gasteiger partial charge in [0.2, 0.25) is 5.91 Å². The molecule has 0 aliphatic carbocycles. The molecule has 0 radical (unpaired) electrons. The zero-order chi connectivity index (χ0) is 19.6. The minimum atomic E-state index is -4.38. The van der Waals surface area contributed by atoms with Crippen LogP contribution in [-0.4, -0.2) is 34.9 Å². The summed E-state index contributed by atoms with van der Waals surface area (Å²) in [7, 11) is 0. The minimum Gasteiger partial charge on any atom is -0.382 e. The van der Waals surface area contributed by atoms with E-state index in [0.29, 0.717) is 36.3 Å². The number of pyridine rings is 1. The van der Waals surface area contributed by atoms with Crippen LogP contribution < -0.4 is 5.32 Å². The Balaban J connectivity index is 1.68. The Morgan fingerprint density at radius 2 is 1.96 bits per heavy atom. The maximum Gasteiger partial charge on any atom is 0.416 e. The van der Waals surface area contributed by atoms with Crippen LogP contribution in [0.25, 0.3) is 10.9 Å². The normalized spacial score (nSPS) is 16.1. The zero-order valence-electron chi connectivity index (χ0n) is 15.5. The smallest absolute Gasteiger partial charge is 0.382 e. The predicted octanol–water partition coefficient (Wildman–Crippen LogP) is 4.70. The van der Waals surface area contributed by atoms with Gasteiger partial charge in [-0.3, -0.25) is 9.78 Å².